The highest BCUT2D eigenvalue weighted by Crippen LogP contribution is 2.21. The van der Waals surface area contributed by atoms with E-state index in [2.05, 4.69) is 26.1 Å². The minimum atomic E-state index is -0.198. The van der Waals surface area contributed by atoms with Crippen LogP contribution in [0.3, 0.4) is 0 Å². The van der Waals surface area contributed by atoms with E-state index in [1.165, 1.54) is 0 Å². The summed E-state index contributed by atoms with van der Waals surface area (Å²) in [4.78, 5) is 14.3. The normalized spacial score (nSPS) is 12.5. The molecule has 6 nitrogen and oxygen atoms in total. The molecule has 1 amide bonds. The summed E-state index contributed by atoms with van der Waals surface area (Å²) in [6.45, 7) is 9.49. The second-order valence-electron chi connectivity index (χ2n) is 6.04. The SMILES string of the molecule is CCn1cc(Br)c(CN(C)C(=O)C(C)Cn2nc(C)c(Cl)c2C)n1. The number of aryl methyl sites for hydroxylation is 2. The number of carbonyl (C=O) groups is 1. The maximum Gasteiger partial charge on any atom is 0.227 e. The fourth-order valence-electron chi connectivity index (χ4n) is 2.58. The second-order valence-corrected chi connectivity index (χ2v) is 7.27. The van der Waals surface area contributed by atoms with Crippen LogP contribution >= 0.6 is 27.5 Å². The number of nitrogens with zero attached hydrogens (tertiary/aromatic N) is 5. The number of rotatable bonds is 6. The van der Waals surface area contributed by atoms with Gasteiger partial charge in [0.1, 0.15) is 0 Å². The quantitative estimate of drug-likeness (QED) is 0.725. The van der Waals surface area contributed by atoms with Crippen molar-refractivity contribution in [3.05, 3.63) is 32.8 Å². The number of carbonyl (C=O) groups excluding carboxylic acids is 1. The van der Waals surface area contributed by atoms with Gasteiger partial charge in [-0.05, 0) is 36.7 Å². The molecule has 0 saturated heterocycles. The average molecular weight is 417 g/mol. The third-order valence-corrected chi connectivity index (χ3v) is 5.25. The molecule has 0 saturated carbocycles. The van der Waals surface area contributed by atoms with E-state index in [4.69, 9.17) is 11.6 Å². The number of hydrogen-bond acceptors (Lipinski definition) is 3. The van der Waals surface area contributed by atoms with Crippen molar-refractivity contribution in [3.63, 3.8) is 0 Å². The lowest BCUT2D eigenvalue weighted by Crippen LogP contribution is -2.33. The van der Waals surface area contributed by atoms with Crippen LogP contribution < -0.4 is 0 Å². The minimum absolute atomic E-state index is 0.0524. The summed E-state index contributed by atoms with van der Waals surface area (Å²) < 4.78 is 4.57. The van der Waals surface area contributed by atoms with Crippen molar-refractivity contribution < 1.29 is 4.79 Å². The molecule has 1 unspecified atom stereocenters. The Morgan fingerprint density at radius 2 is 2.08 bits per heavy atom. The van der Waals surface area contributed by atoms with Crippen molar-refractivity contribution in [2.75, 3.05) is 7.05 Å². The van der Waals surface area contributed by atoms with E-state index in [-0.39, 0.29) is 11.8 Å². The fourth-order valence-corrected chi connectivity index (χ4v) is 3.15. The zero-order valence-corrected chi connectivity index (χ0v) is 17.0. The van der Waals surface area contributed by atoms with Gasteiger partial charge in [0.2, 0.25) is 5.91 Å². The number of halogens is 2. The predicted octanol–water partition coefficient (Wildman–Crippen LogP) is 3.43. The molecule has 0 fully saturated rings. The van der Waals surface area contributed by atoms with Gasteiger partial charge in [-0.25, -0.2) is 0 Å². The topological polar surface area (TPSA) is 56.0 Å². The van der Waals surface area contributed by atoms with Crippen LogP contribution in [0, 0.1) is 19.8 Å². The summed E-state index contributed by atoms with van der Waals surface area (Å²) in [6.07, 6.45) is 1.93. The standard InChI is InChI=1S/C16H23BrClN5O/c1-6-22-8-13(17)14(20-22)9-21(5)16(24)10(2)7-23-12(4)15(18)11(3)19-23/h8,10H,6-7,9H2,1-5H3. The van der Waals surface area contributed by atoms with Gasteiger partial charge in [-0.2, -0.15) is 10.2 Å². The third-order valence-electron chi connectivity index (χ3n) is 4.04. The van der Waals surface area contributed by atoms with E-state index in [0.717, 1.165) is 28.1 Å². The molecule has 0 aliphatic rings. The lowest BCUT2D eigenvalue weighted by atomic mass is 10.1. The number of hydrogen-bond donors (Lipinski definition) is 0. The fraction of sp³-hybridized carbons (Fsp3) is 0.562. The molecule has 2 rings (SSSR count). The van der Waals surface area contributed by atoms with Crippen molar-refractivity contribution in [2.45, 2.75) is 47.3 Å². The highest BCUT2D eigenvalue weighted by atomic mass is 79.9. The molecule has 132 valence electrons. The minimum Gasteiger partial charge on any atom is -0.339 e. The maximum absolute atomic E-state index is 12.6. The highest BCUT2D eigenvalue weighted by molar-refractivity contribution is 9.10. The second kappa shape index (κ2) is 7.70. The van der Waals surface area contributed by atoms with Gasteiger partial charge < -0.3 is 4.90 Å². The van der Waals surface area contributed by atoms with E-state index in [9.17, 15) is 4.79 Å². The molecule has 0 radical (unpaired) electrons. The molecule has 24 heavy (non-hydrogen) atoms. The Bertz CT molecular complexity index is 739. The molecule has 2 heterocycles. The summed E-state index contributed by atoms with van der Waals surface area (Å²) in [5, 5.41) is 9.52. The molecule has 8 heteroatoms. The monoisotopic (exact) mass is 415 g/mol. The number of amides is 1. The predicted molar refractivity (Wildman–Crippen MR) is 98.0 cm³/mol. The van der Waals surface area contributed by atoms with E-state index < -0.39 is 0 Å². The molecule has 0 N–H and O–H groups in total. The summed E-state index contributed by atoms with van der Waals surface area (Å²) in [5.74, 6) is -0.146. The smallest absolute Gasteiger partial charge is 0.227 e. The molecule has 2 aromatic rings. The first-order valence-corrected chi connectivity index (χ1v) is 9.08. The van der Waals surface area contributed by atoms with Crippen molar-refractivity contribution in [3.8, 4) is 0 Å². The Kier molecular flexibility index (Phi) is 6.09. The maximum atomic E-state index is 12.6. The van der Waals surface area contributed by atoms with Crippen LogP contribution in [-0.2, 0) is 24.4 Å². The lowest BCUT2D eigenvalue weighted by molar-refractivity contribution is -0.134. The first-order chi connectivity index (χ1) is 11.2. The molecule has 0 spiro atoms. The van der Waals surface area contributed by atoms with Crippen LogP contribution in [0.15, 0.2) is 10.7 Å². The van der Waals surface area contributed by atoms with Gasteiger partial charge in [-0.15, -0.1) is 0 Å². The molecule has 0 aromatic carbocycles. The molecule has 0 aliphatic heterocycles. The van der Waals surface area contributed by atoms with Crippen molar-refractivity contribution in [2.24, 2.45) is 5.92 Å². The Hall–Kier alpha value is -1.34. The van der Waals surface area contributed by atoms with Gasteiger partial charge in [0.05, 0.1) is 45.6 Å². The summed E-state index contributed by atoms with van der Waals surface area (Å²) >= 11 is 9.67. The Labute approximate surface area is 155 Å². The van der Waals surface area contributed by atoms with E-state index >= 15 is 0 Å². The third kappa shape index (κ3) is 4.00. The summed E-state index contributed by atoms with van der Waals surface area (Å²) in [5.41, 5.74) is 2.53. The van der Waals surface area contributed by atoms with E-state index in [0.29, 0.717) is 18.1 Å². The van der Waals surface area contributed by atoms with Gasteiger partial charge in [-0.3, -0.25) is 14.2 Å². The lowest BCUT2D eigenvalue weighted by Gasteiger charge is -2.21. The number of aromatic nitrogens is 4. The van der Waals surface area contributed by atoms with Crippen LogP contribution in [0.2, 0.25) is 5.02 Å². The molecular formula is C16H23BrClN5O. The van der Waals surface area contributed by atoms with Crippen LogP contribution in [0.25, 0.3) is 0 Å². The Morgan fingerprint density at radius 1 is 1.42 bits per heavy atom. The summed E-state index contributed by atoms with van der Waals surface area (Å²) in [7, 11) is 1.80. The molecular weight excluding hydrogens is 394 g/mol. The highest BCUT2D eigenvalue weighted by Gasteiger charge is 2.22. The Morgan fingerprint density at radius 3 is 2.58 bits per heavy atom. The first-order valence-electron chi connectivity index (χ1n) is 7.90. The van der Waals surface area contributed by atoms with E-state index in [1.807, 2.05) is 38.6 Å². The van der Waals surface area contributed by atoms with Gasteiger partial charge in [0.15, 0.2) is 0 Å². The Balaban J connectivity index is 2.03. The molecule has 2 aromatic heterocycles. The van der Waals surface area contributed by atoms with Crippen molar-refractivity contribution in [1.29, 1.82) is 0 Å². The van der Waals surface area contributed by atoms with Crippen LogP contribution in [0.5, 0.6) is 0 Å². The summed E-state index contributed by atoms with van der Waals surface area (Å²) in [6, 6.07) is 0. The van der Waals surface area contributed by atoms with Gasteiger partial charge >= 0.3 is 0 Å². The van der Waals surface area contributed by atoms with Crippen LogP contribution in [-0.4, -0.2) is 37.4 Å². The van der Waals surface area contributed by atoms with Gasteiger partial charge in [-0.1, -0.05) is 18.5 Å². The largest absolute Gasteiger partial charge is 0.339 e. The molecule has 1 atom stereocenters. The van der Waals surface area contributed by atoms with Crippen LogP contribution in [0.4, 0.5) is 0 Å². The molecule has 0 bridgehead atoms. The average Bonchev–Trinajstić information content (AvgIpc) is 3.01. The van der Waals surface area contributed by atoms with Crippen molar-refractivity contribution >= 4 is 33.4 Å². The van der Waals surface area contributed by atoms with Gasteiger partial charge in [0, 0.05) is 19.8 Å². The van der Waals surface area contributed by atoms with Crippen molar-refractivity contribution in [1.82, 2.24) is 24.5 Å². The first kappa shape index (κ1) is 19.0. The zero-order valence-electron chi connectivity index (χ0n) is 14.7. The zero-order chi connectivity index (χ0) is 18.0. The van der Waals surface area contributed by atoms with Gasteiger partial charge in [0.25, 0.3) is 0 Å². The molecule has 0 aliphatic carbocycles. The van der Waals surface area contributed by atoms with Crippen LogP contribution in [0.1, 0.15) is 30.9 Å². The van der Waals surface area contributed by atoms with E-state index in [1.54, 1.807) is 16.6 Å².